The fourth-order valence-electron chi connectivity index (χ4n) is 7.61. The summed E-state index contributed by atoms with van der Waals surface area (Å²) in [5.41, 5.74) is 12.8. The molecule has 2 aromatic heterocycles. The summed E-state index contributed by atoms with van der Waals surface area (Å²) < 4.78 is 6.95. The van der Waals surface area contributed by atoms with Crippen LogP contribution in [0.4, 0.5) is 0 Å². The Labute approximate surface area is 298 Å². The second-order valence-electron chi connectivity index (χ2n) is 17.4. The maximum absolute atomic E-state index is 6.95. The second-order valence-corrected chi connectivity index (χ2v) is 17.4. The first-order valence-corrected chi connectivity index (χ1v) is 18.4. The number of benzene rings is 5. The van der Waals surface area contributed by atoms with E-state index in [0.29, 0.717) is 17.8 Å². The molecule has 0 aliphatic carbocycles. The molecule has 3 heteroatoms. The van der Waals surface area contributed by atoms with Crippen LogP contribution >= 0.6 is 0 Å². The third-order valence-corrected chi connectivity index (χ3v) is 10.5. The molecular weight excluding hydrogens is 609 g/mol. The van der Waals surface area contributed by atoms with Gasteiger partial charge in [0.15, 0.2) is 0 Å². The van der Waals surface area contributed by atoms with E-state index in [1.54, 1.807) is 6.33 Å². The number of furan rings is 1. The average Bonchev–Trinajstić information content (AvgIpc) is 3.43. The van der Waals surface area contributed by atoms with Crippen LogP contribution in [0.15, 0.2) is 83.5 Å². The van der Waals surface area contributed by atoms with E-state index in [-0.39, 0.29) is 10.8 Å². The van der Waals surface area contributed by atoms with Gasteiger partial charge in [0.25, 0.3) is 0 Å². The largest absolute Gasteiger partial charge is 0.455 e. The van der Waals surface area contributed by atoms with E-state index in [1.165, 1.54) is 60.3 Å². The summed E-state index contributed by atoms with van der Waals surface area (Å²) >= 11 is 0. The first-order chi connectivity index (χ1) is 23.5. The van der Waals surface area contributed by atoms with Crippen LogP contribution in [0.3, 0.4) is 0 Å². The molecule has 0 aliphatic rings. The number of fused-ring (bicyclic) bond motifs is 6. The van der Waals surface area contributed by atoms with Crippen LogP contribution in [-0.4, -0.2) is 9.97 Å². The molecular formula is C47H52N2O. The molecule has 7 rings (SSSR count). The van der Waals surface area contributed by atoms with Gasteiger partial charge in [0.1, 0.15) is 17.5 Å². The summed E-state index contributed by atoms with van der Waals surface area (Å²) in [4.78, 5) is 9.36. The van der Waals surface area contributed by atoms with Gasteiger partial charge < -0.3 is 4.42 Å². The standard InChI is InChI=1S/C47H52N2O/c1-26(2)32-21-34(27(3)4)43(35(22-32)28(5)6)31-16-14-29-13-15-30-19-38-41(23-37(30)36(29)20-31)50-45-33(17-18-39(44(38)45)46(7,8)9)40-24-42(47(10,11)12)49-25-48-40/h13-28H,1-12H3. The highest BCUT2D eigenvalue weighted by Crippen LogP contribution is 2.45. The SMILES string of the molecule is CC(C)c1cc(C(C)C)c(-c2ccc3ccc4cc5c(cc4c3c2)oc2c(-c3cc(C(C)(C)C)ncn3)ccc(C(C)(C)C)c25)c(C(C)C)c1. The van der Waals surface area contributed by atoms with Gasteiger partial charge in [-0.15, -0.1) is 0 Å². The van der Waals surface area contributed by atoms with E-state index < -0.39 is 0 Å². The number of aromatic nitrogens is 2. The highest BCUT2D eigenvalue weighted by Gasteiger charge is 2.26. The monoisotopic (exact) mass is 660 g/mol. The van der Waals surface area contributed by atoms with Gasteiger partial charge >= 0.3 is 0 Å². The van der Waals surface area contributed by atoms with Crippen LogP contribution in [0.25, 0.3) is 65.9 Å². The van der Waals surface area contributed by atoms with Gasteiger partial charge in [-0.1, -0.05) is 126 Å². The van der Waals surface area contributed by atoms with Crippen LogP contribution in [0.1, 0.15) is 129 Å². The smallest absolute Gasteiger partial charge is 0.145 e. The number of hydrogen-bond acceptors (Lipinski definition) is 3. The highest BCUT2D eigenvalue weighted by atomic mass is 16.3. The summed E-state index contributed by atoms with van der Waals surface area (Å²) in [6, 6.07) is 27.7. The Kier molecular flexibility index (Phi) is 8.21. The molecule has 5 aromatic carbocycles. The molecule has 7 aromatic rings. The molecule has 3 nitrogen and oxygen atoms in total. The number of nitrogens with zero attached hydrogens (tertiary/aromatic N) is 2. The Hall–Kier alpha value is -4.50. The molecule has 0 aliphatic heterocycles. The van der Waals surface area contributed by atoms with E-state index in [2.05, 4.69) is 161 Å². The van der Waals surface area contributed by atoms with Gasteiger partial charge in [-0.05, 0) is 108 Å². The molecule has 0 N–H and O–H groups in total. The van der Waals surface area contributed by atoms with E-state index in [0.717, 1.165) is 33.5 Å². The third-order valence-electron chi connectivity index (χ3n) is 10.5. The van der Waals surface area contributed by atoms with Crippen molar-refractivity contribution in [2.24, 2.45) is 0 Å². The van der Waals surface area contributed by atoms with E-state index in [1.807, 2.05) is 0 Å². The van der Waals surface area contributed by atoms with Crippen molar-refractivity contribution in [2.45, 2.75) is 112 Å². The van der Waals surface area contributed by atoms with Crippen LogP contribution < -0.4 is 0 Å². The number of hydrogen-bond donors (Lipinski definition) is 0. The summed E-state index contributed by atoms with van der Waals surface area (Å²) in [7, 11) is 0. The van der Waals surface area contributed by atoms with Crippen molar-refractivity contribution in [2.75, 3.05) is 0 Å². The third kappa shape index (κ3) is 5.79. The maximum Gasteiger partial charge on any atom is 0.145 e. The Morgan fingerprint density at radius 1 is 0.580 bits per heavy atom. The van der Waals surface area contributed by atoms with Crippen molar-refractivity contribution in [3.63, 3.8) is 0 Å². The van der Waals surface area contributed by atoms with Crippen molar-refractivity contribution in [1.29, 1.82) is 0 Å². The lowest BCUT2D eigenvalue weighted by molar-refractivity contribution is 0.567. The predicted octanol–water partition coefficient (Wildman–Crippen LogP) is 14.0. The molecule has 50 heavy (non-hydrogen) atoms. The zero-order chi connectivity index (χ0) is 35.9. The van der Waals surface area contributed by atoms with Crippen molar-refractivity contribution in [3.8, 4) is 22.4 Å². The topological polar surface area (TPSA) is 38.9 Å². The van der Waals surface area contributed by atoms with Crippen molar-refractivity contribution in [1.82, 2.24) is 9.97 Å². The van der Waals surface area contributed by atoms with Crippen LogP contribution in [-0.2, 0) is 10.8 Å². The Balaban J connectivity index is 1.51. The van der Waals surface area contributed by atoms with Crippen molar-refractivity contribution in [3.05, 3.63) is 107 Å². The van der Waals surface area contributed by atoms with E-state index >= 15 is 0 Å². The molecule has 0 radical (unpaired) electrons. The lowest BCUT2D eigenvalue weighted by Crippen LogP contribution is -2.14. The zero-order valence-electron chi connectivity index (χ0n) is 32.0. The fraction of sp³-hybridized carbons (Fsp3) is 0.362. The second kappa shape index (κ2) is 12.1. The van der Waals surface area contributed by atoms with Crippen molar-refractivity contribution < 1.29 is 4.42 Å². The predicted molar refractivity (Wildman–Crippen MR) is 215 cm³/mol. The van der Waals surface area contributed by atoms with E-state index in [9.17, 15) is 0 Å². The molecule has 0 fully saturated rings. The minimum atomic E-state index is -0.0873. The Morgan fingerprint density at radius 2 is 1.22 bits per heavy atom. The lowest BCUT2D eigenvalue weighted by atomic mass is 9.81. The fourth-order valence-corrected chi connectivity index (χ4v) is 7.61. The molecule has 0 spiro atoms. The molecule has 0 bridgehead atoms. The Morgan fingerprint density at radius 3 is 1.84 bits per heavy atom. The lowest BCUT2D eigenvalue weighted by Gasteiger charge is -2.23. The summed E-state index contributed by atoms with van der Waals surface area (Å²) in [6.45, 7) is 27.3. The summed E-state index contributed by atoms with van der Waals surface area (Å²) in [6.07, 6.45) is 1.69. The molecule has 256 valence electrons. The van der Waals surface area contributed by atoms with Crippen LogP contribution in [0.5, 0.6) is 0 Å². The van der Waals surface area contributed by atoms with Gasteiger partial charge in [-0.2, -0.15) is 0 Å². The van der Waals surface area contributed by atoms with Crippen LogP contribution in [0.2, 0.25) is 0 Å². The normalized spacial score (nSPS) is 12.9. The summed E-state index contributed by atoms with van der Waals surface area (Å²) in [5.74, 6) is 1.32. The first kappa shape index (κ1) is 34.0. The van der Waals surface area contributed by atoms with Crippen molar-refractivity contribution >= 4 is 43.5 Å². The molecule has 0 saturated carbocycles. The average molecular weight is 661 g/mol. The molecule has 0 amide bonds. The van der Waals surface area contributed by atoms with Gasteiger partial charge in [0.2, 0.25) is 0 Å². The minimum Gasteiger partial charge on any atom is -0.455 e. The molecule has 0 atom stereocenters. The molecule has 0 unspecified atom stereocenters. The highest BCUT2D eigenvalue weighted by molar-refractivity contribution is 6.18. The van der Waals surface area contributed by atoms with Crippen LogP contribution in [0, 0.1) is 0 Å². The van der Waals surface area contributed by atoms with E-state index in [4.69, 9.17) is 9.40 Å². The maximum atomic E-state index is 6.95. The zero-order valence-corrected chi connectivity index (χ0v) is 32.0. The Bertz CT molecular complexity index is 2400. The first-order valence-electron chi connectivity index (χ1n) is 18.4. The van der Waals surface area contributed by atoms with Gasteiger partial charge in [0, 0.05) is 27.4 Å². The molecule has 0 saturated heterocycles. The quantitative estimate of drug-likeness (QED) is 0.172. The summed E-state index contributed by atoms with van der Waals surface area (Å²) in [5, 5.41) is 7.23. The van der Waals surface area contributed by atoms with Gasteiger partial charge in [-0.3, -0.25) is 0 Å². The van der Waals surface area contributed by atoms with Gasteiger partial charge in [-0.25, -0.2) is 9.97 Å². The van der Waals surface area contributed by atoms with Gasteiger partial charge in [0.05, 0.1) is 5.69 Å². The number of rotatable bonds is 5. The minimum absolute atomic E-state index is 0.0730. The molecule has 2 heterocycles.